The lowest BCUT2D eigenvalue weighted by Gasteiger charge is -2.31. The minimum atomic E-state index is -0.447. The average Bonchev–Trinajstić information content (AvgIpc) is 4.14. The molecule has 2 heterocycles. The van der Waals surface area contributed by atoms with Crippen LogP contribution in [0, 0.1) is 15.7 Å². The number of carbonyl (C=O) groups is 4. The Morgan fingerprint density at radius 1 is 0.667 bits per heavy atom. The zero-order valence-corrected chi connectivity index (χ0v) is 49.2. The molecule has 0 spiro atoms. The molecule has 0 fully saturated rings. The molecule has 2 aromatic heterocycles. The van der Waals surface area contributed by atoms with Gasteiger partial charge in [0.2, 0.25) is 29.5 Å². The van der Waals surface area contributed by atoms with Crippen LogP contribution >= 0.6 is 11.6 Å². The largest absolute Gasteiger partial charge is 0.377 e. The maximum atomic E-state index is 12.8. The molecule has 81 heavy (non-hydrogen) atoms. The Kier molecular flexibility index (Phi) is 30.8. The number of ether oxygens (including phenoxy) is 4. The van der Waals surface area contributed by atoms with Crippen LogP contribution < -0.4 is 31.9 Å². The van der Waals surface area contributed by atoms with E-state index in [2.05, 4.69) is 74.8 Å². The van der Waals surface area contributed by atoms with E-state index >= 15 is 0 Å². The third-order valence-electron chi connectivity index (χ3n) is 14.1. The first-order chi connectivity index (χ1) is 39.0. The Labute approximate surface area is 481 Å². The van der Waals surface area contributed by atoms with Crippen molar-refractivity contribution in [2.24, 2.45) is 16.3 Å². The number of hydrogen-bond acceptors (Lipinski definition) is 18. The number of imidazole rings is 1. The molecule has 25 heteroatoms. The van der Waals surface area contributed by atoms with Crippen molar-refractivity contribution in [1.29, 1.82) is 0 Å². The molecule has 2 unspecified atom stereocenters. The van der Waals surface area contributed by atoms with Crippen molar-refractivity contribution in [3.63, 3.8) is 0 Å². The van der Waals surface area contributed by atoms with Gasteiger partial charge in [0.05, 0.1) is 51.9 Å². The number of H-pyrrole nitrogens is 1. The fraction of sp³-hybridized carbons (Fsp3) is 0.643. The van der Waals surface area contributed by atoms with E-state index < -0.39 is 17.0 Å². The summed E-state index contributed by atoms with van der Waals surface area (Å²) in [6.45, 7) is 17.8. The number of aromatic nitrogens is 6. The molecule has 0 aliphatic heterocycles. The number of hydrogen-bond donors (Lipinski definition) is 7. The number of aryl methyl sites for hydroxylation is 1. The maximum absolute atomic E-state index is 12.8. The number of carbonyl (C=O) groups excluding carboxylic acids is 4. The Morgan fingerprint density at radius 3 is 1.75 bits per heavy atom. The number of halogens is 1. The van der Waals surface area contributed by atoms with Crippen LogP contribution in [0.5, 0.6) is 0 Å². The van der Waals surface area contributed by atoms with Gasteiger partial charge in [-0.1, -0.05) is 83.8 Å². The summed E-state index contributed by atoms with van der Waals surface area (Å²) in [5.74, 6) is 0.538. The summed E-state index contributed by atoms with van der Waals surface area (Å²) in [5, 5.41) is 39.4. The Hall–Kier alpha value is -6.15. The highest BCUT2D eigenvalue weighted by Crippen LogP contribution is 2.30. The highest BCUT2D eigenvalue weighted by atomic mass is 35.5. The van der Waals surface area contributed by atoms with Gasteiger partial charge in [-0.3, -0.25) is 19.2 Å². The second-order valence-corrected chi connectivity index (χ2v) is 21.4. The van der Waals surface area contributed by atoms with E-state index in [9.17, 15) is 29.0 Å². The lowest BCUT2D eigenvalue weighted by molar-refractivity contribution is -0.131. The van der Waals surface area contributed by atoms with Crippen molar-refractivity contribution >= 4 is 35.2 Å². The smallest absolute Gasteiger partial charge is 0.246 e. The molecule has 24 nitrogen and oxygen atoms in total. The lowest BCUT2D eigenvalue weighted by atomic mass is 9.92. The molecule has 0 aliphatic carbocycles. The predicted molar refractivity (Wildman–Crippen MR) is 310 cm³/mol. The van der Waals surface area contributed by atoms with Crippen LogP contribution in [-0.4, -0.2) is 163 Å². The van der Waals surface area contributed by atoms with Crippen LogP contribution in [-0.2, 0) is 57.6 Å². The van der Waals surface area contributed by atoms with Crippen molar-refractivity contribution in [2.75, 3.05) is 85.6 Å². The van der Waals surface area contributed by atoms with E-state index in [0.717, 1.165) is 66.6 Å². The van der Waals surface area contributed by atoms with Crippen LogP contribution in [0.4, 0.5) is 0 Å². The summed E-state index contributed by atoms with van der Waals surface area (Å²) in [6.07, 6.45) is 5.91. The van der Waals surface area contributed by atoms with Gasteiger partial charge in [-0.2, -0.15) is 15.0 Å². The minimum Gasteiger partial charge on any atom is -0.377 e. The molecule has 2 aromatic carbocycles. The summed E-state index contributed by atoms with van der Waals surface area (Å²) < 4.78 is 24.0. The summed E-state index contributed by atoms with van der Waals surface area (Å²) >= 11 is 6.65. The summed E-state index contributed by atoms with van der Waals surface area (Å²) in [4.78, 5) is 76.9. The number of aromatic amines is 1. The highest BCUT2D eigenvalue weighted by Gasteiger charge is 2.28. The number of benzene rings is 2. The minimum absolute atomic E-state index is 0.114. The Morgan fingerprint density at radius 2 is 1.20 bits per heavy atom. The third kappa shape index (κ3) is 25.3. The van der Waals surface area contributed by atoms with Gasteiger partial charge in [-0.15, -0.1) is 10.2 Å². The number of tetrazole rings is 1. The molecule has 4 rings (SSSR count). The van der Waals surface area contributed by atoms with Gasteiger partial charge in [0.1, 0.15) is 31.1 Å². The monoisotopic (exact) mass is 1150 g/mol. The topological polar surface area (TPSA) is 309 Å². The van der Waals surface area contributed by atoms with Crippen LogP contribution in [0.1, 0.15) is 117 Å². The van der Waals surface area contributed by atoms with Crippen LogP contribution in [0.3, 0.4) is 0 Å². The van der Waals surface area contributed by atoms with Gasteiger partial charge >= 0.3 is 0 Å². The van der Waals surface area contributed by atoms with Crippen LogP contribution in [0.15, 0.2) is 58.9 Å². The van der Waals surface area contributed by atoms with E-state index in [1.807, 2.05) is 80.8 Å². The van der Waals surface area contributed by atoms with Crippen molar-refractivity contribution < 1.29 is 38.1 Å². The quantitative estimate of drug-likeness (QED) is 0.0203. The molecule has 0 saturated carbocycles. The number of amides is 4. The van der Waals surface area contributed by atoms with E-state index in [-0.39, 0.29) is 81.5 Å². The molecule has 0 bridgehead atoms. The van der Waals surface area contributed by atoms with Gasteiger partial charge in [-0.05, 0) is 115 Å². The van der Waals surface area contributed by atoms with Gasteiger partial charge in [-0.25, -0.2) is 4.98 Å². The number of nitroso groups, excluding NO2 is 2. The van der Waals surface area contributed by atoms with Crippen LogP contribution in [0.2, 0.25) is 5.15 Å². The zero-order chi connectivity index (χ0) is 58.9. The number of rotatable bonds is 44. The Balaban J connectivity index is 0.990. The van der Waals surface area contributed by atoms with Crippen molar-refractivity contribution in [1.82, 2.24) is 62.1 Å². The number of nitrogens with one attached hydrogen (secondary N) is 7. The molecule has 7 N–H and O–H groups in total. The summed E-state index contributed by atoms with van der Waals surface area (Å²) in [6, 6.07) is 15.3. The molecule has 448 valence electrons. The summed E-state index contributed by atoms with van der Waals surface area (Å²) in [5.41, 5.74) is 3.64. The second kappa shape index (κ2) is 37.1. The fourth-order valence-corrected chi connectivity index (χ4v) is 8.61. The normalized spacial score (nSPS) is 12.8. The first kappa shape index (κ1) is 67.4. The lowest BCUT2D eigenvalue weighted by Crippen LogP contribution is -2.48. The third-order valence-corrected chi connectivity index (χ3v) is 14.4. The average molecular weight is 1150 g/mol. The zero-order valence-electron chi connectivity index (χ0n) is 48.4. The molecule has 2 atom stereocenters. The van der Waals surface area contributed by atoms with Crippen molar-refractivity contribution in [3.8, 4) is 22.5 Å². The predicted octanol–water partition coefficient (Wildman–Crippen LogP) is 5.81. The highest BCUT2D eigenvalue weighted by molar-refractivity contribution is 6.30. The number of nitrogens with zero attached hydrogens (tertiary/aromatic N) is 7. The van der Waals surface area contributed by atoms with E-state index in [1.54, 1.807) is 13.8 Å². The van der Waals surface area contributed by atoms with Crippen molar-refractivity contribution in [2.45, 2.75) is 143 Å². The van der Waals surface area contributed by atoms with Gasteiger partial charge < -0.3 is 55.4 Å². The fourth-order valence-electron chi connectivity index (χ4n) is 8.34. The standard InChI is InChI=1S/C56H87ClN14O10/c1-8-9-15-48-64-53(57)47(71(48)37-43-18-20-44(21-19-43)45-13-10-11-14-46(45)54-65-69-70-66-54)36-61-52(75)39-81-38-51(74)60-29-31-79-33-35-80-34-32-78-30-28-59-50(73)17-12-16-49(72)58-25-22-42(23-26-62-55(4,5)40(2)67-76)24-27-63-56(6,7)41(3)68-77/h10-11,13-14,18-21,40-42,62-63H,8-9,12,15-17,22-39H2,1-7H3,(H,58,72)(H,59,73)(H,60,74)(H,61,75)(H,65,66,69,70). The summed E-state index contributed by atoms with van der Waals surface area (Å²) in [7, 11) is 0. The first-order valence-corrected chi connectivity index (χ1v) is 28.5. The van der Waals surface area contributed by atoms with Crippen LogP contribution in [0.25, 0.3) is 22.5 Å². The molecular formula is C56H87ClN14O10. The molecule has 0 saturated heterocycles. The number of unbranched alkanes of at least 4 members (excludes halogenated alkanes) is 1. The Bertz CT molecular complexity index is 2460. The van der Waals surface area contributed by atoms with Crippen molar-refractivity contribution in [3.05, 3.63) is 80.6 Å². The first-order valence-electron chi connectivity index (χ1n) is 28.2. The molecule has 0 radical (unpaired) electrons. The second-order valence-electron chi connectivity index (χ2n) is 21.0. The molecule has 4 amide bonds. The van der Waals surface area contributed by atoms with E-state index in [0.29, 0.717) is 88.9 Å². The maximum Gasteiger partial charge on any atom is 0.246 e. The van der Waals surface area contributed by atoms with E-state index in [1.165, 1.54) is 0 Å². The van der Waals surface area contributed by atoms with Gasteiger partial charge in [0.25, 0.3) is 0 Å². The van der Waals surface area contributed by atoms with Gasteiger partial charge in [0, 0.05) is 62.1 Å². The van der Waals surface area contributed by atoms with Gasteiger partial charge in [0.15, 0.2) is 5.15 Å². The molecular weight excluding hydrogens is 1060 g/mol. The van der Waals surface area contributed by atoms with E-state index in [4.69, 9.17) is 30.5 Å². The molecule has 4 aromatic rings. The molecule has 0 aliphatic rings. The SMILES string of the molecule is CCCCc1nc(Cl)c(CNC(=O)COCC(=O)NCCOCCOCCOCCNC(=O)CCCC(=O)NCCC(CCNC(C)(C)C(C)N=O)CCNC(C)(C)C(C)N=O)n1Cc1ccc(-c2ccccc2-c2nn[nH]n2)cc1.